The van der Waals surface area contributed by atoms with E-state index in [1.165, 1.54) is 0 Å². The Morgan fingerprint density at radius 1 is 0.677 bits per heavy atom. The van der Waals surface area contributed by atoms with Crippen LogP contribution in [0.2, 0.25) is 0 Å². The quantitative estimate of drug-likeness (QED) is 0.215. The standard InChI is InChI=1S/C13H8F16O2/c1-3(2)6(30)31-5(15)4(14)8(18,19)10(22,23)12(26,27)13(28,29)11(24,25)9(20,21)7(16)17/h4-5,7H,1H2,2H3. The van der Waals surface area contributed by atoms with E-state index in [1.807, 2.05) is 0 Å². The zero-order valence-corrected chi connectivity index (χ0v) is 14.3. The molecule has 0 aromatic carbocycles. The topological polar surface area (TPSA) is 26.3 Å². The van der Waals surface area contributed by atoms with E-state index in [9.17, 15) is 75.0 Å². The molecule has 0 aromatic heterocycles. The van der Waals surface area contributed by atoms with Gasteiger partial charge in [0, 0.05) is 5.57 Å². The molecular formula is C13H8F16O2. The van der Waals surface area contributed by atoms with Gasteiger partial charge in [-0.25, -0.2) is 18.0 Å². The Labute approximate surface area is 160 Å². The first-order chi connectivity index (χ1) is 13.4. The van der Waals surface area contributed by atoms with Crippen molar-refractivity contribution in [2.24, 2.45) is 0 Å². The molecule has 0 rings (SSSR count). The van der Waals surface area contributed by atoms with Crippen molar-refractivity contribution < 1.29 is 79.8 Å². The van der Waals surface area contributed by atoms with Crippen molar-refractivity contribution in [2.75, 3.05) is 0 Å². The third kappa shape index (κ3) is 4.25. The summed E-state index contributed by atoms with van der Waals surface area (Å²) in [5.41, 5.74) is -0.907. The van der Waals surface area contributed by atoms with Crippen LogP contribution in [0.15, 0.2) is 12.2 Å². The van der Waals surface area contributed by atoms with Crippen LogP contribution in [-0.2, 0) is 9.53 Å². The molecule has 0 saturated heterocycles. The van der Waals surface area contributed by atoms with Gasteiger partial charge in [-0.1, -0.05) is 6.58 Å². The Bertz CT molecular complexity index is 685. The Balaban J connectivity index is 6.37. The summed E-state index contributed by atoms with van der Waals surface area (Å²) in [7, 11) is 0. The Morgan fingerprint density at radius 2 is 1.00 bits per heavy atom. The lowest BCUT2D eigenvalue weighted by atomic mass is 9.90. The first-order valence-electron chi connectivity index (χ1n) is 7.05. The van der Waals surface area contributed by atoms with Crippen molar-refractivity contribution in [1.82, 2.24) is 0 Å². The molecule has 2 atom stereocenters. The van der Waals surface area contributed by atoms with E-state index in [0.29, 0.717) is 6.92 Å². The van der Waals surface area contributed by atoms with Gasteiger partial charge >= 0.3 is 47.9 Å². The van der Waals surface area contributed by atoms with Gasteiger partial charge in [0.25, 0.3) is 6.36 Å². The van der Waals surface area contributed by atoms with Crippen molar-refractivity contribution >= 4 is 5.97 Å². The molecule has 18 heteroatoms. The SMILES string of the molecule is C=C(C)C(=O)OC(F)C(F)C(F)(F)C(F)(F)C(F)(F)C(F)(F)C(F)(F)C(F)(F)C(F)F. The van der Waals surface area contributed by atoms with Gasteiger partial charge in [0.15, 0.2) is 0 Å². The molecule has 0 aliphatic carbocycles. The summed E-state index contributed by atoms with van der Waals surface area (Å²) >= 11 is 0. The zero-order valence-electron chi connectivity index (χ0n) is 14.3. The molecule has 0 heterocycles. The molecule has 0 saturated carbocycles. The molecule has 0 amide bonds. The van der Waals surface area contributed by atoms with Gasteiger partial charge in [0.05, 0.1) is 0 Å². The van der Waals surface area contributed by atoms with Crippen LogP contribution in [-0.4, -0.2) is 60.5 Å². The van der Waals surface area contributed by atoms with Gasteiger partial charge in [0.1, 0.15) is 0 Å². The number of hydrogen-bond acceptors (Lipinski definition) is 2. The predicted octanol–water partition coefficient (Wildman–Crippen LogP) is 5.82. The Kier molecular flexibility index (Phi) is 7.71. The number of carbonyl (C=O) groups is 1. The van der Waals surface area contributed by atoms with Crippen LogP contribution in [0, 0.1) is 0 Å². The highest BCUT2D eigenvalue weighted by atomic mass is 19.4. The van der Waals surface area contributed by atoms with E-state index < -0.39 is 66.0 Å². The number of rotatable bonds is 10. The zero-order chi connectivity index (χ0) is 25.6. The van der Waals surface area contributed by atoms with E-state index in [2.05, 4.69) is 11.3 Å². The Morgan fingerprint density at radius 3 is 1.29 bits per heavy atom. The summed E-state index contributed by atoms with van der Waals surface area (Å²) in [6, 6.07) is 0. The molecule has 0 bridgehead atoms. The van der Waals surface area contributed by atoms with Gasteiger partial charge in [-0.3, -0.25) is 0 Å². The third-order valence-electron chi connectivity index (χ3n) is 3.44. The summed E-state index contributed by atoms with van der Waals surface area (Å²) in [6.45, 7) is 3.33. The molecule has 2 nitrogen and oxygen atoms in total. The summed E-state index contributed by atoms with van der Waals surface area (Å²) in [6.07, 6.45) is -16.0. The lowest BCUT2D eigenvalue weighted by Crippen LogP contribution is -2.73. The summed E-state index contributed by atoms with van der Waals surface area (Å²) in [5.74, 6) is -50.1. The number of hydrogen-bond donors (Lipinski definition) is 0. The smallest absolute Gasteiger partial charge is 0.384 e. The van der Waals surface area contributed by atoms with Crippen molar-refractivity contribution in [3.8, 4) is 0 Å². The molecule has 184 valence electrons. The van der Waals surface area contributed by atoms with Gasteiger partial charge in [-0.15, -0.1) is 0 Å². The average Bonchev–Trinajstić information content (AvgIpc) is 2.59. The second-order valence-corrected chi connectivity index (χ2v) is 5.78. The van der Waals surface area contributed by atoms with Crippen molar-refractivity contribution in [3.05, 3.63) is 12.2 Å². The van der Waals surface area contributed by atoms with Crippen molar-refractivity contribution in [3.63, 3.8) is 0 Å². The summed E-state index contributed by atoms with van der Waals surface area (Å²) in [4.78, 5) is 10.8. The monoisotopic (exact) mass is 500 g/mol. The van der Waals surface area contributed by atoms with Crippen LogP contribution in [0.3, 0.4) is 0 Å². The second-order valence-electron chi connectivity index (χ2n) is 5.78. The van der Waals surface area contributed by atoms with Crippen LogP contribution < -0.4 is 0 Å². The highest BCUT2D eigenvalue weighted by molar-refractivity contribution is 5.87. The minimum atomic E-state index is -8.40. The van der Waals surface area contributed by atoms with Gasteiger partial charge in [-0.05, 0) is 6.92 Å². The fourth-order valence-electron chi connectivity index (χ4n) is 1.55. The first-order valence-corrected chi connectivity index (χ1v) is 7.05. The van der Waals surface area contributed by atoms with E-state index in [0.717, 1.165) is 0 Å². The van der Waals surface area contributed by atoms with E-state index >= 15 is 0 Å². The fourth-order valence-corrected chi connectivity index (χ4v) is 1.55. The maximum atomic E-state index is 13.4. The summed E-state index contributed by atoms with van der Waals surface area (Å²) < 4.78 is 211. The molecule has 2 unspecified atom stereocenters. The maximum Gasteiger partial charge on any atom is 0.384 e. The van der Waals surface area contributed by atoms with Gasteiger partial charge in [0.2, 0.25) is 6.17 Å². The molecule has 0 aliphatic heterocycles. The van der Waals surface area contributed by atoms with Crippen LogP contribution in [0.5, 0.6) is 0 Å². The Hall–Kier alpha value is -1.91. The lowest BCUT2D eigenvalue weighted by molar-refractivity contribution is -0.438. The average molecular weight is 500 g/mol. The van der Waals surface area contributed by atoms with Crippen LogP contribution in [0.4, 0.5) is 70.2 Å². The van der Waals surface area contributed by atoms with Crippen LogP contribution in [0.1, 0.15) is 6.92 Å². The number of halogens is 16. The molecule has 0 aliphatic rings. The number of ether oxygens (including phenoxy) is 1. The summed E-state index contributed by atoms with van der Waals surface area (Å²) in [5, 5.41) is 0. The minimum absolute atomic E-state index is 0.648. The van der Waals surface area contributed by atoms with E-state index in [4.69, 9.17) is 0 Å². The van der Waals surface area contributed by atoms with Crippen molar-refractivity contribution in [1.29, 1.82) is 0 Å². The molecule has 0 spiro atoms. The van der Waals surface area contributed by atoms with E-state index in [1.54, 1.807) is 0 Å². The normalized spacial score (nSPS) is 16.8. The van der Waals surface area contributed by atoms with Gasteiger partial charge in [-0.2, -0.15) is 57.1 Å². The number of alkyl halides is 16. The predicted molar refractivity (Wildman–Crippen MR) is 66.4 cm³/mol. The largest absolute Gasteiger partial charge is 0.424 e. The van der Waals surface area contributed by atoms with Crippen molar-refractivity contribution in [2.45, 2.75) is 61.4 Å². The van der Waals surface area contributed by atoms with Crippen LogP contribution >= 0.6 is 0 Å². The van der Waals surface area contributed by atoms with E-state index in [-0.39, 0.29) is 0 Å². The molecule has 31 heavy (non-hydrogen) atoms. The molecular weight excluding hydrogens is 492 g/mol. The fraction of sp³-hybridized carbons (Fsp3) is 0.769. The lowest BCUT2D eigenvalue weighted by Gasteiger charge is -2.41. The highest BCUT2D eigenvalue weighted by Crippen LogP contribution is 2.61. The molecule has 0 fully saturated rings. The highest BCUT2D eigenvalue weighted by Gasteiger charge is 2.92. The van der Waals surface area contributed by atoms with Crippen LogP contribution in [0.25, 0.3) is 0 Å². The van der Waals surface area contributed by atoms with Gasteiger partial charge < -0.3 is 4.74 Å². The first kappa shape index (κ1) is 29.1. The second kappa shape index (κ2) is 8.22. The molecule has 0 aromatic rings. The third-order valence-corrected chi connectivity index (χ3v) is 3.44. The molecule has 0 radical (unpaired) electrons. The minimum Gasteiger partial charge on any atom is -0.424 e. The maximum absolute atomic E-state index is 13.4. The molecule has 0 N–H and O–H groups in total. The number of carbonyl (C=O) groups excluding carboxylic acids is 1. The number of esters is 1.